The molecule has 1 aliphatic heterocycles. The summed E-state index contributed by atoms with van der Waals surface area (Å²) in [7, 11) is 0. The molecule has 118 valence electrons. The number of benzene rings is 1. The summed E-state index contributed by atoms with van der Waals surface area (Å²) in [5.74, 6) is -2.99. The molecule has 0 bridgehead atoms. The fourth-order valence-corrected chi connectivity index (χ4v) is 2.05. The molecule has 1 aromatic carbocycles. The number of amides is 4. The van der Waals surface area contributed by atoms with E-state index in [1.54, 1.807) is 13.8 Å². The standard InChI is InChI=1S/C14H15F2N3O3/c1-3-14(2)12(21)19(13(22)18-14)7-11(20)17-10-5-4-8(15)6-9(10)16/h4-6H,3,7H2,1-2H3,(H,17,20)(H,18,22). The van der Waals surface area contributed by atoms with Crippen molar-refractivity contribution in [2.24, 2.45) is 0 Å². The van der Waals surface area contributed by atoms with Crippen molar-refractivity contribution in [3.63, 3.8) is 0 Å². The molecule has 1 atom stereocenters. The van der Waals surface area contributed by atoms with Crippen LogP contribution in [0.3, 0.4) is 0 Å². The molecule has 1 saturated heterocycles. The minimum absolute atomic E-state index is 0.225. The van der Waals surface area contributed by atoms with E-state index in [1.807, 2.05) is 0 Å². The molecule has 0 radical (unpaired) electrons. The van der Waals surface area contributed by atoms with Crippen LogP contribution in [0.25, 0.3) is 0 Å². The van der Waals surface area contributed by atoms with E-state index in [0.29, 0.717) is 12.5 Å². The second kappa shape index (κ2) is 5.70. The summed E-state index contributed by atoms with van der Waals surface area (Å²) < 4.78 is 26.2. The predicted octanol–water partition coefficient (Wildman–Crippen LogP) is 1.62. The Morgan fingerprint density at radius 2 is 2.05 bits per heavy atom. The van der Waals surface area contributed by atoms with Crippen molar-refractivity contribution in [2.75, 3.05) is 11.9 Å². The van der Waals surface area contributed by atoms with Crippen LogP contribution in [-0.4, -0.2) is 34.8 Å². The molecule has 22 heavy (non-hydrogen) atoms. The largest absolute Gasteiger partial charge is 0.325 e. The van der Waals surface area contributed by atoms with Gasteiger partial charge in [0.05, 0.1) is 5.69 Å². The van der Waals surface area contributed by atoms with Crippen LogP contribution in [0.2, 0.25) is 0 Å². The highest BCUT2D eigenvalue weighted by Crippen LogP contribution is 2.21. The third-order valence-electron chi connectivity index (χ3n) is 3.56. The zero-order valence-corrected chi connectivity index (χ0v) is 12.1. The molecule has 2 rings (SSSR count). The lowest BCUT2D eigenvalue weighted by Gasteiger charge is -2.19. The zero-order valence-electron chi connectivity index (χ0n) is 12.1. The molecule has 1 aromatic rings. The van der Waals surface area contributed by atoms with Gasteiger partial charge in [0.1, 0.15) is 23.7 Å². The molecule has 8 heteroatoms. The number of imide groups is 1. The van der Waals surface area contributed by atoms with Crippen molar-refractivity contribution in [3.8, 4) is 0 Å². The third-order valence-corrected chi connectivity index (χ3v) is 3.56. The highest BCUT2D eigenvalue weighted by molar-refractivity contribution is 6.09. The monoisotopic (exact) mass is 311 g/mol. The summed E-state index contributed by atoms with van der Waals surface area (Å²) in [5.41, 5.74) is -1.27. The van der Waals surface area contributed by atoms with E-state index in [9.17, 15) is 23.2 Å². The van der Waals surface area contributed by atoms with Gasteiger partial charge < -0.3 is 10.6 Å². The second-order valence-electron chi connectivity index (χ2n) is 5.18. The minimum Gasteiger partial charge on any atom is -0.323 e. The van der Waals surface area contributed by atoms with Crippen molar-refractivity contribution in [1.29, 1.82) is 0 Å². The molecule has 2 N–H and O–H groups in total. The van der Waals surface area contributed by atoms with Gasteiger partial charge in [0.2, 0.25) is 5.91 Å². The number of nitrogens with one attached hydrogen (secondary N) is 2. The van der Waals surface area contributed by atoms with E-state index in [1.165, 1.54) is 0 Å². The van der Waals surface area contributed by atoms with Crippen LogP contribution in [0, 0.1) is 11.6 Å². The first-order valence-electron chi connectivity index (χ1n) is 6.66. The number of carbonyl (C=O) groups is 3. The fourth-order valence-electron chi connectivity index (χ4n) is 2.05. The van der Waals surface area contributed by atoms with Crippen molar-refractivity contribution in [1.82, 2.24) is 10.2 Å². The first kappa shape index (κ1) is 15.9. The molecular weight excluding hydrogens is 296 g/mol. The molecule has 1 fully saturated rings. The van der Waals surface area contributed by atoms with Crippen LogP contribution in [0.5, 0.6) is 0 Å². The number of hydrogen-bond donors (Lipinski definition) is 2. The summed E-state index contributed by atoms with van der Waals surface area (Å²) in [6.07, 6.45) is 0.377. The highest BCUT2D eigenvalue weighted by Gasteiger charge is 2.46. The van der Waals surface area contributed by atoms with Gasteiger partial charge in [0.15, 0.2) is 0 Å². The summed E-state index contributed by atoms with van der Waals surface area (Å²) in [6, 6.07) is 1.99. The van der Waals surface area contributed by atoms with Gasteiger partial charge in [-0.15, -0.1) is 0 Å². The molecule has 0 aromatic heterocycles. The summed E-state index contributed by atoms with van der Waals surface area (Å²) in [6.45, 7) is 2.75. The maximum atomic E-state index is 13.4. The molecule has 0 aliphatic carbocycles. The van der Waals surface area contributed by atoms with Crippen LogP contribution in [0.4, 0.5) is 19.3 Å². The Bertz CT molecular complexity index is 650. The fraction of sp³-hybridized carbons (Fsp3) is 0.357. The number of urea groups is 1. The molecule has 1 unspecified atom stereocenters. The normalized spacial score (nSPS) is 21.0. The van der Waals surface area contributed by atoms with Crippen LogP contribution >= 0.6 is 0 Å². The van der Waals surface area contributed by atoms with Gasteiger partial charge in [-0.05, 0) is 25.5 Å². The van der Waals surface area contributed by atoms with Gasteiger partial charge in [0.25, 0.3) is 5.91 Å². The minimum atomic E-state index is -1.04. The SMILES string of the molecule is CCC1(C)NC(=O)N(CC(=O)Nc2ccc(F)cc2F)C1=O. The molecule has 1 heterocycles. The summed E-state index contributed by atoms with van der Waals surface area (Å²) >= 11 is 0. The lowest BCUT2D eigenvalue weighted by atomic mass is 9.99. The van der Waals surface area contributed by atoms with E-state index in [2.05, 4.69) is 10.6 Å². The van der Waals surface area contributed by atoms with Crippen LogP contribution in [0.1, 0.15) is 20.3 Å². The Morgan fingerprint density at radius 1 is 1.36 bits per heavy atom. The van der Waals surface area contributed by atoms with Crippen LogP contribution in [-0.2, 0) is 9.59 Å². The van der Waals surface area contributed by atoms with E-state index in [4.69, 9.17) is 0 Å². The van der Waals surface area contributed by atoms with Crippen molar-refractivity contribution >= 4 is 23.5 Å². The number of rotatable bonds is 4. The van der Waals surface area contributed by atoms with E-state index < -0.39 is 41.6 Å². The van der Waals surface area contributed by atoms with Gasteiger partial charge in [-0.2, -0.15) is 0 Å². The quantitative estimate of drug-likeness (QED) is 0.830. The highest BCUT2D eigenvalue weighted by atomic mass is 19.1. The molecule has 0 spiro atoms. The van der Waals surface area contributed by atoms with E-state index >= 15 is 0 Å². The number of anilines is 1. The zero-order chi connectivity index (χ0) is 16.5. The smallest absolute Gasteiger partial charge is 0.323 e. The second-order valence-corrected chi connectivity index (χ2v) is 5.18. The first-order valence-corrected chi connectivity index (χ1v) is 6.66. The van der Waals surface area contributed by atoms with Crippen LogP contribution < -0.4 is 10.6 Å². The van der Waals surface area contributed by atoms with Crippen molar-refractivity contribution in [3.05, 3.63) is 29.8 Å². The Balaban J connectivity index is 2.06. The maximum absolute atomic E-state index is 13.4. The Kier molecular flexibility index (Phi) is 4.11. The van der Waals surface area contributed by atoms with E-state index in [-0.39, 0.29) is 5.69 Å². The third kappa shape index (κ3) is 2.90. The van der Waals surface area contributed by atoms with Gasteiger partial charge in [-0.25, -0.2) is 13.6 Å². The Morgan fingerprint density at radius 3 is 2.59 bits per heavy atom. The first-order chi connectivity index (χ1) is 10.3. The van der Waals surface area contributed by atoms with Crippen LogP contribution in [0.15, 0.2) is 18.2 Å². The number of hydrogen-bond acceptors (Lipinski definition) is 3. The maximum Gasteiger partial charge on any atom is 0.325 e. The Hall–Kier alpha value is -2.51. The average Bonchev–Trinajstić information content (AvgIpc) is 2.66. The van der Waals surface area contributed by atoms with Gasteiger partial charge >= 0.3 is 6.03 Å². The summed E-state index contributed by atoms with van der Waals surface area (Å²) in [5, 5.41) is 4.70. The van der Waals surface area contributed by atoms with Gasteiger partial charge in [-0.1, -0.05) is 6.92 Å². The number of halogens is 2. The molecular formula is C14H15F2N3O3. The predicted molar refractivity (Wildman–Crippen MR) is 73.9 cm³/mol. The lowest BCUT2D eigenvalue weighted by molar-refractivity contribution is -0.133. The number of nitrogens with zero attached hydrogens (tertiary/aromatic N) is 1. The topological polar surface area (TPSA) is 78.5 Å². The van der Waals surface area contributed by atoms with Gasteiger partial charge in [0, 0.05) is 6.07 Å². The molecule has 0 saturated carbocycles. The number of carbonyl (C=O) groups excluding carboxylic acids is 3. The average molecular weight is 311 g/mol. The summed E-state index contributed by atoms with van der Waals surface area (Å²) in [4.78, 5) is 36.5. The van der Waals surface area contributed by atoms with E-state index in [0.717, 1.165) is 17.0 Å². The van der Waals surface area contributed by atoms with Gasteiger partial charge in [-0.3, -0.25) is 14.5 Å². The van der Waals surface area contributed by atoms with Crippen molar-refractivity contribution in [2.45, 2.75) is 25.8 Å². The van der Waals surface area contributed by atoms with Crippen molar-refractivity contribution < 1.29 is 23.2 Å². The molecule has 6 nitrogen and oxygen atoms in total. The molecule has 4 amide bonds. The molecule has 1 aliphatic rings. The lowest BCUT2D eigenvalue weighted by Crippen LogP contribution is -2.44. The Labute approximate surface area is 125 Å².